The molecule has 0 aliphatic carbocycles. The summed E-state index contributed by atoms with van der Waals surface area (Å²) in [6.45, 7) is 2.09. The van der Waals surface area contributed by atoms with Gasteiger partial charge in [-0.3, -0.25) is 0 Å². The molecule has 1 N–H and O–H groups in total. The van der Waals surface area contributed by atoms with Gasteiger partial charge in [-0.2, -0.15) is 0 Å². The molecule has 2 aromatic carbocycles. The molecule has 0 aliphatic rings. The third-order valence-electron chi connectivity index (χ3n) is 3.62. The number of hydrogen-bond acceptors (Lipinski definition) is 2. The Balaban J connectivity index is 2.18. The number of benzene rings is 2. The van der Waals surface area contributed by atoms with E-state index in [-0.39, 0.29) is 11.9 Å². The molecule has 3 aromatic rings. The van der Waals surface area contributed by atoms with Gasteiger partial charge in [-0.15, -0.1) is 0 Å². The monoisotopic (exact) mass is 269 g/mol. The van der Waals surface area contributed by atoms with Crippen LogP contribution >= 0.6 is 0 Å². The number of furan rings is 1. The quantitative estimate of drug-likeness (QED) is 0.756. The summed E-state index contributed by atoms with van der Waals surface area (Å²) in [7, 11) is 1.92. The van der Waals surface area contributed by atoms with Crippen LogP contribution in [0.4, 0.5) is 4.39 Å². The van der Waals surface area contributed by atoms with Gasteiger partial charge >= 0.3 is 0 Å². The fraction of sp³-hybridized carbons (Fsp3) is 0.176. The summed E-state index contributed by atoms with van der Waals surface area (Å²) >= 11 is 0. The lowest BCUT2D eigenvalue weighted by Gasteiger charge is -2.14. The van der Waals surface area contributed by atoms with E-state index in [1.165, 1.54) is 6.07 Å². The maximum atomic E-state index is 13.7. The zero-order valence-corrected chi connectivity index (χ0v) is 11.5. The van der Waals surface area contributed by atoms with Crippen molar-refractivity contribution >= 4 is 11.0 Å². The molecule has 102 valence electrons. The first-order chi connectivity index (χ1) is 9.70. The Morgan fingerprint density at radius 2 is 1.90 bits per heavy atom. The van der Waals surface area contributed by atoms with E-state index in [1.54, 1.807) is 6.07 Å². The minimum atomic E-state index is -0.326. The molecule has 1 unspecified atom stereocenters. The molecule has 0 saturated heterocycles. The summed E-state index contributed by atoms with van der Waals surface area (Å²) in [6.07, 6.45) is 0. The van der Waals surface area contributed by atoms with Crippen LogP contribution < -0.4 is 5.32 Å². The largest absolute Gasteiger partial charge is 0.453 e. The Bertz CT molecular complexity index is 748. The van der Waals surface area contributed by atoms with Crippen LogP contribution in [-0.4, -0.2) is 7.05 Å². The Morgan fingerprint density at radius 3 is 2.65 bits per heavy atom. The summed E-state index contributed by atoms with van der Waals surface area (Å²) in [5, 5.41) is 4.00. The highest BCUT2D eigenvalue weighted by atomic mass is 19.1. The molecule has 1 atom stereocenters. The van der Waals surface area contributed by atoms with Gasteiger partial charge in [-0.1, -0.05) is 36.4 Å². The summed E-state index contributed by atoms with van der Waals surface area (Å²) < 4.78 is 19.5. The van der Waals surface area contributed by atoms with Crippen LogP contribution in [0, 0.1) is 5.82 Å². The van der Waals surface area contributed by atoms with Crippen molar-refractivity contribution in [2.24, 2.45) is 0 Å². The van der Waals surface area contributed by atoms with Gasteiger partial charge in [0, 0.05) is 17.0 Å². The molecule has 0 spiro atoms. The van der Waals surface area contributed by atoms with Gasteiger partial charge in [-0.25, -0.2) is 4.39 Å². The van der Waals surface area contributed by atoms with E-state index in [0.717, 1.165) is 16.5 Å². The van der Waals surface area contributed by atoms with Gasteiger partial charge in [0.25, 0.3) is 0 Å². The van der Waals surface area contributed by atoms with Crippen LogP contribution in [0.25, 0.3) is 22.3 Å². The van der Waals surface area contributed by atoms with E-state index in [4.69, 9.17) is 4.42 Å². The van der Waals surface area contributed by atoms with Gasteiger partial charge < -0.3 is 9.73 Å². The smallest absolute Gasteiger partial charge is 0.170 e. The second-order valence-electron chi connectivity index (χ2n) is 4.87. The highest BCUT2D eigenvalue weighted by Gasteiger charge is 2.14. The van der Waals surface area contributed by atoms with Crippen molar-refractivity contribution in [2.45, 2.75) is 13.0 Å². The number of hydrogen-bond donors (Lipinski definition) is 1. The molecule has 20 heavy (non-hydrogen) atoms. The minimum Gasteiger partial charge on any atom is -0.453 e. The standard InChI is InChI=1S/C17H16FNO/c1-11(19-2)13-7-3-4-8-14(13)16-10-12-6-5-9-15(18)17(12)20-16/h3-11,19H,1-2H3. The van der Waals surface area contributed by atoms with E-state index in [0.29, 0.717) is 11.3 Å². The molecule has 0 amide bonds. The molecule has 0 radical (unpaired) electrons. The van der Waals surface area contributed by atoms with Crippen LogP contribution in [0.1, 0.15) is 18.5 Å². The minimum absolute atomic E-state index is 0.198. The van der Waals surface area contributed by atoms with Crippen molar-refractivity contribution < 1.29 is 8.81 Å². The molecule has 2 nitrogen and oxygen atoms in total. The van der Waals surface area contributed by atoms with Crippen molar-refractivity contribution in [1.29, 1.82) is 0 Å². The van der Waals surface area contributed by atoms with E-state index >= 15 is 0 Å². The number of fused-ring (bicyclic) bond motifs is 1. The molecule has 3 heteroatoms. The van der Waals surface area contributed by atoms with Gasteiger partial charge in [0.2, 0.25) is 0 Å². The van der Waals surface area contributed by atoms with Gasteiger partial charge in [0.15, 0.2) is 11.4 Å². The highest BCUT2D eigenvalue weighted by molar-refractivity contribution is 5.83. The molecule has 3 rings (SSSR count). The molecular formula is C17H16FNO. The number of para-hydroxylation sites is 1. The molecule has 1 heterocycles. The van der Waals surface area contributed by atoms with Crippen molar-refractivity contribution in [3.8, 4) is 11.3 Å². The lowest BCUT2D eigenvalue weighted by molar-refractivity contribution is 0.567. The zero-order chi connectivity index (χ0) is 14.1. The number of rotatable bonds is 3. The first-order valence-corrected chi connectivity index (χ1v) is 6.65. The Labute approximate surface area is 117 Å². The zero-order valence-electron chi connectivity index (χ0n) is 11.5. The van der Waals surface area contributed by atoms with Crippen LogP contribution in [-0.2, 0) is 0 Å². The first-order valence-electron chi connectivity index (χ1n) is 6.65. The van der Waals surface area contributed by atoms with Crippen molar-refractivity contribution in [1.82, 2.24) is 5.32 Å². The van der Waals surface area contributed by atoms with Crippen molar-refractivity contribution in [2.75, 3.05) is 7.05 Å². The molecule has 0 bridgehead atoms. The van der Waals surface area contributed by atoms with Crippen LogP contribution in [0.3, 0.4) is 0 Å². The highest BCUT2D eigenvalue weighted by Crippen LogP contribution is 2.33. The maximum Gasteiger partial charge on any atom is 0.170 e. The third kappa shape index (κ3) is 2.10. The maximum absolute atomic E-state index is 13.7. The fourth-order valence-corrected chi connectivity index (χ4v) is 2.41. The normalized spacial score (nSPS) is 12.8. The fourth-order valence-electron chi connectivity index (χ4n) is 2.41. The van der Waals surface area contributed by atoms with Crippen molar-refractivity contribution in [3.05, 3.63) is 59.9 Å². The first kappa shape index (κ1) is 12.9. The lowest BCUT2D eigenvalue weighted by Crippen LogP contribution is -2.13. The number of halogens is 1. The van der Waals surface area contributed by atoms with Gasteiger partial charge in [0.1, 0.15) is 5.76 Å². The summed E-state index contributed by atoms with van der Waals surface area (Å²) in [5.74, 6) is 0.371. The summed E-state index contributed by atoms with van der Waals surface area (Å²) in [4.78, 5) is 0. The summed E-state index contributed by atoms with van der Waals surface area (Å²) in [5.41, 5.74) is 2.44. The third-order valence-corrected chi connectivity index (χ3v) is 3.62. The van der Waals surface area contributed by atoms with Crippen LogP contribution in [0.5, 0.6) is 0 Å². The predicted molar refractivity (Wildman–Crippen MR) is 79.1 cm³/mol. The predicted octanol–water partition coefficient (Wildman–Crippen LogP) is 4.52. The Kier molecular flexibility index (Phi) is 3.28. The van der Waals surface area contributed by atoms with E-state index in [1.807, 2.05) is 37.4 Å². The van der Waals surface area contributed by atoms with Crippen LogP contribution in [0.2, 0.25) is 0 Å². The Hall–Kier alpha value is -2.13. The van der Waals surface area contributed by atoms with E-state index < -0.39 is 0 Å². The van der Waals surface area contributed by atoms with Crippen LogP contribution in [0.15, 0.2) is 52.9 Å². The molecule has 0 aliphatic heterocycles. The Morgan fingerprint density at radius 1 is 1.10 bits per heavy atom. The average molecular weight is 269 g/mol. The van der Waals surface area contributed by atoms with Crippen molar-refractivity contribution in [3.63, 3.8) is 0 Å². The number of nitrogens with one attached hydrogen (secondary N) is 1. The molecule has 1 aromatic heterocycles. The second-order valence-corrected chi connectivity index (χ2v) is 4.87. The molecule has 0 saturated carbocycles. The topological polar surface area (TPSA) is 25.2 Å². The molecular weight excluding hydrogens is 253 g/mol. The molecule has 0 fully saturated rings. The van der Waals surface area contributed by atoms with E-state index in [2.05, 4.69) is 18.3 Å². The SMILES string of the molecule is CNC(C)c1ccccc1-c1cc2cccc(F)c2o1. The van der Waals surface area contributed by atoms with Gasteiger partial charge in [-0.05, 0) is 31.7 Å². The summed E-state index contributed by atoms with van der Waals surface area (Å²) in [6, 6.07) is 15.1. The van der Waals surface area contributed by atoms with Gasteiger partial charge in [0.05, 0.1) is 0 Å². The second kappa shape index (κ2) is 5.10. The van der Waals surface area contributed by atoms with E-state index in [9.17, 15) is 4.39 Å². The lowest BCUT2D eigenvalue weighted by atomic mass is 9.99. The average Bonchev–Trinajstić information content (AvgIpc) is 2.92.